The summed E-state index contributed by atoms with van der Waals surface area (Å²) >= 11 is 0. The molecule has 2 nitrogen and oxygen atoms in total. The minimum Gasteiger partial charge on any atom is -0.465 e. The Morgan fingerprint density at radius 3 is 2.76 bits per heavy atom. The summed E-state index contributed by atoms with van der Waals surface area (Å²) in [6.45, 7) is 0. The molecule has 17 heavy (non-hydrogen) atoms. The van der Waals surface area contributed by atoms with Gasteiger partial charge in [-0.2, -0.15) is 8.78 Å². The van der Waals surface area contributed by atoms with Crippen molar-refractivity contribution in [2.45, 2.75) is 12.8 Å². The Balaban J connectivity index is 2.77. The Morgan fingerprint density at radius 2 is 2.12 bits per heavy atom. The Morgan fingerprint density at radius 1 is 1.41 bits per heavy atom. The second-order valence-corrected chi connectivity index (χ2v) is 3.30. The molecule has 1 aromatic carbocycles. The van der Waals surface area contributed by atoms with Gasteiger partial charge in [-0.05, 0) is 30.5 Å². The maximum atomic E-state index is 11.7. The maximum absolute atomic E-state index is 11.7. The van der Waals surface area contributed by atoms with Crippen molar-refractivity contribution in [1.29, 1.82) is 0 Å². The number of hydrogen-bond donors (Lipinski definition) is 0. The second kappa shape index (κ2) is 6.61. The van der Waals surface area contributed by atoms with Crippen LogP contribution in [0.4, 0.5) is 8.78 Å². The molecule has 1 aromatic rings. The van der Waals surface area contributed by atoms with Crippen LogP contribution in [0.3, 0.4) is 0 Å². The van der Waals surface area contributed by atoms with Crippen molar-refractivity contribution < 1.29 is 18.3 Å². The van der Waals surface area contributed by atoms with Gasteiger partial charge in [0.1, 0.15) is 0 Å². The highest BCUT2D eigenvalue weighted by atomic mass is 19.3. The lowest BCUT2D eigenvalue weighted by molar-refractivity contribution is 0.0599. The zero-order valence-corrected chi connectivity index (χ0v) is 9.37. The van der Waals surface area contributed by atoms with Crippen LogP contribution in [0.1, 0.15) is 22.3 Å². The monoisotopic (exact) mass is 238 g/mol. The number of benzene rings is 1. The number of esters is 1. The lowest BCUT2D eigenvalue weighted by atomic mass is 10.0. The normalized spacial score (nSPS) is 9.35. The molecule has 0 saturated heterocycles. The van der Waals surface area contributed by atoms with E-state index in [9.17, 15) is 13.6 Å². The molecule has 0 spiro atoms. The third-order valence-electron chi connectivity index (χ3n) is 2.19. The number of hydrogen-bond acceptors (Lipinski definition) is 2. The molecule has 0 saturated carbocycles. The molecular weight excluding hydrogens is 226 g/mol. The average molecular weight is 238 g/mol. The molecule has 0 amide bonds. The van der Waals surface area contributed by atoms with Crippen molar-refractivity contribution in [2.24, 2.45) is 0 Å². The van der Waals surface area contributed by atoms with Gasteiger partial charge in [-0.3, -0.25) is 0 Å². The fraction of sp³-hybridized carbons (Fsp3) is 0.231. The molecule has 90 valence electrons. The minimum atomic E-state index is -1.84. The topological polar surface area (TPSA) is 26.3 Å². The van der Waals surface area contributed by atoms with Crippen LogP contribution in [0.25, 0.3) is 0 Å². The van der Waals surface area contributed by atoms with Gasteiger partial charge < -0.3 is 4.74 Å². The van der Waals surface area contributed by atoms with E-state index in [0.29, 0.717) is 18.4 Å². The molecule has 0 radical (unpaired) electrons. The largest absolute Gasteiger partial charge is 0.465 e. The second-order valence-electron chi connectivity index (χ2n) is 3.30. The number of ether oxygens (including phenoxy) is 1. The fourth-order valence-corrected chi connectivity index (χ4v) is 1.42. The van der Waals surface area contributed by atoms with Gasteiger partial charge in [-0.25, -0.2) is 4.79 Å². The molecule has 0 aliphatic heterocycles. The van der Waals surface area contributed by atoms with Crippen LogP contribution in [0, 0.1) is 0 Å². The van der Waals surface area contributed by atoms with Crippen molar-refractivity contribution in [3.05, 3.63) is 53.3 Å². The van der Waals surface area contributed by atoms with Gasteiger partial charge in [0.2, 0.25) is 0 Å². The van der Waals surface area contributed by atoms with Crippen molar-refractivity contribution in [1.82, 2.24) is 0 Å². The van der Waals surface area contributed by atoms with E-state index in [-0.39, 0.29) is 0 Å². The van der Waals surface area contributed by atoms with Crippen LogP contribution in [0.2, 0.25) is 0 Å². The number of methoxy groups -OCH3 is 1. The first-order chi connectivity index (χ1) is 8.15. The molecule has 0 aliphatic carbocycles. The van der Waals surface area contributed by atoms with Crippen LogP contribution in [-0.4, -0.2) is 13.1 Å². The van der Waals surface area contributed by atoms with Crippen molar-refractivity contribution in [2.75, 3.05) is 7.11 Å². The van der Waals surface area contributed by atoms with Gasteiger partial charge in [0.25, 0.3) is 0 Å². The summed E-state index contributed by atoms with van der Waals surface area (Å²) in [5.74, 6) is -0.420. The molecule has 1 rings (SSSR count). The minimum absolute atomic E-state index is 0.394. The Hall–Kier alpha value is -1.93. The zero-order valence-electron chi connectivity index (χ0n) is 9.37. The van der Waals surface area contributed by atoms with Gasteiger partial charge in [0.15, 0.2) is 0 Å². The summed E-state index contributed by atoms with van der Waals surface area (Å²) in [5, 5.41) is 0. The lowest BCUT2D eigenvalue weighted by Crippen LogP contribution is -2.05. The smallest absolute Gasteiger partial charge is 0.338 e. The van der Waals surface area contributed by atoms with Crippen molar-refractivity contribution in [3.8, 4) is 0 Å². The van der Waals surface area contributed by atoms with Gasteiger partial charge in [0.05, 0.1) is 12.7 Å². The van der Waals surface area contributed by atoms with Gasteiger partial charge in [0, 0.05) is 0 Å². The van der Waals surface area contributed by atoms with E-state index in [1.54, 1.807) is 24.3 Å². The summed E-state index contributed by atoms with van der Waals surface area (Å²) in [4.78, 5) is 11.4. The van der Waals surface area contributed by atoms with Crippen molar-refractivity contribution >= 4 is 5.97 Å². The van der Waals surface area contributed by atoms with E-state index < -0.39 is 12.0 Å². The highest BCUT2D eigenvalue weighted by molar-refractivity contribution is 5.90. The summed E-state index contributed by atoms with van der Waals surface area (Å²) in [6.07, 6.45) is 0.298. The highest BCUT2D eigenvalue weighted by Gasteiger charge is 2.09. The number of allylic oxidation sites excluding steroid dienone is 1. The molecule has 0 heterocycles. The summed E-state index contributed by atoms with van der Waals surface area (Å²) < 4.78 is 28.1. The number of aryl methyl sites for hydroxylation is 1. The van der Waals surface area contributed by atoms with Crippen LogP contribution < -0.4 is 0 Å². The fourth-order valence-electron chi connectivity index (χ4n) is 1.42. The first-order valence-corrected chi connectivity index (χ1v) is 5.07. The van der Waals surface area contributed by atoms with E-state index in [4.69, 9.17) is 0 Å². The summed E-state index contributed by atoms with van der Waals surface area (Å²) in [6, 6.07) is 6.94. The number of carbonyl (C=O) groups excluding carboxylic acids is 1. The summed E-state index contributed by atoms with van der Waals surface area (Å²) in [7, 11) is 1.31. The van der Waals surface area contributed by atoms with Gasteiger partial charge in [-0.15, -0.1) is 0 Å². The quantitative estimate of drug-likeness (QED) is 0.594. The SMILES string of the molecule is COC(=O)c1ccccc1CCC=C=C(F)F. The highest BCUT2D eigenvalue weighted by Crippen LogP contribution is 2.12. The van der Waals surface area contributed by atoms with E-state index >= 15 is 0 Å². The molecule has 0 aliphatic rings. The molecule has 0 N–H and O–H groups in total. The molecule has 0 unspecified atom stereocenters. The molecule has 0 fully saturated rings. The zero-order chi connectivity index (χ0) is 12.7. The van der Waals surface area contributed by atoms with E-state index in [1.807, 2.05) is 5.73 Å². The summed E-state index contributed by atoms with van der Waals surface area (Å²) in [5.41, 5.74) is 3.06. The van der Waals surface area contributed by atoms with Crippen LogP contribution in [0.15, 0.2) is 42.2 Å². The predicted octanol–water partition coefficient (Wildman–Crippen LogP) is 3.34. The number of rotatable bonds is 4. The first-order valence-electron chi connectivity index (χ1n) is 5.07. The average Bonchev–Trinajstić information content (AvgIpc) is 2.34. The Bertz CT molecular complexity index is 456. The Kier molecular flexibility index (Phi) is 5.11. The third-order valence-corrected chi connectivity index (χ3v) is 2.19. The first kappa shape index (κ1) is 13.1. The predicted molar refractivity (Wildman–Crippen MR) is 59.9 cm³/mol. The molecule has 0 aromatic heterocycles. The number of carbonyl (C=O) groups is 1. The van der Waals surface area contributed by atoms with Crippen LogP contribution >= 0.6 is 0 Å². The lowest BCUT2D eigenvalue weighted by Gasteiger charge is -2.05. The third kappa shape index (κ3) is 4.21. The molecule has 4 heteroatoms. The molecule has 0 bridgehead atoms. The molecular formula is C13H12F2O2. The number of halogens is 2. The van der Waals surface area contributed by atoms with Crippen molar-refractivity contribution in [3.63, 3.8) is 0 Å². The standard InChI is InChI=1S/C13H12F2O2/c1-17-13(16)11-8-4-2-6-10(11)7-3-5-9-12(14)15/h2,4-6,8H,3,7H2,1H3. The molecule has 0 atom stereocenters. The van der Waals surface area contributed by atoms with Gasteiger partial charge in [-0.1, -0.05) is 23.9 Å². The van der Waals surface area contributed by atoms with Gasteiger partial charge >= 0.3 is 12.0 Å². The van der Waals surface area contributed by atoms with E-state index in [1.165, 1.54) is 13.2 Å². The Labute approximate surface area is 98.2 Å². The maximum Gasteiger partial charge on any atom is 0.338 e. The van der Waals surface area contributed by atoms with Crippen LogP contribution in [-0.2, 0) is 11.2 Å². The van der Waals surface area contributed by atoms with Crippen LogP contribution in [0.5, 0.6) is 0 Å². The van der Waals surface area contributed by atoms with E-state index in [2.05, 4.69) is 4.74 Å². The van der Waals surface area contributed by atoms with E-state index in [0.717, 1.165) is 5.56 Å².